The number of halogens is 1. The summed E-state index contributed by atoms with van der Waals surface area (Å²) in [5.41, 5.74) is -1.33. The van der Waals surface area contributed by atoms with Crippen LogP contribution in [-0.2, 0) is 23.9 Å². The molecule has 24 heavy (non-hydrogen) atoms. The third-order valence-electron chi connectivity index (χ3n) is 4.43. The van der Waals surface area contributed by atoms with E-state index in [0.717, 1.165) is 26.4 Å². The number of benzene rings is 1. The lowest BCUT2D eigenvalue weighted by Gasteiger charge is -2.43. The Hall–Kier alpha value is -2.28. The van der Waals surface area contributed by atoms with Crippen molar-refractivity contribution in [2.24, 2.45) is 11.8 Å². The van der Waals surface area contributed by atoms with Crippen LogP contribution in [0.3, 0.4) is 0 Å². The molecule has 4 atom stereocenters. The van der Waals surface area contributed by atoms with Gasteiger partial charge in [0.25, 0.3) is 0 Å². The van der Waals surface area contributed by atoms with Crippen LogP contribution in [0, 0.1) is 17.7 Å². The van der Waals surface area contributed by atoms with E-state index < -0.39 is 46.9 Å². The Morgan fingerprint density at radius 2 is 1.71 bits per heavy atom. The molecule has 0 bridgehead atoms. The van der Waals surface area contributed by atoms with Gasteiger partial charge in [-0.1, -0.05) is 12.1 Å². The Balaban J connectivity index is 2.63. The lowest BCUT2D eigenvalue weighted by Crippen LogP contribution is -2.55. The highest BCUT2D eigenvalue weighted by Crippen LogP contribution is 2.46. The molecule has 0 saturated heterocycles. The predicted octanol–water partition coefficient (Wildman–Crippen LogP) is 1.21. The van der Waals surface area contributed by atoms with E-state index in [4.69, 9.17) is 9.47 Å². The highest BCUT2D eigenvalue weighted by atomic mass is 19.1. The Bertz CT molecular complexity index is 652. The van der Waals surface area contributed by atoms with Crippen LogP contribution in [0.2, 0.25) is 0 Å². The van der Waals surface area contributed by atoms with Crippen molar-refractivity contribution in [3.63, 3.8) is 0 Å². The number of methoxy groups -OCH3 is 2. The molecule has 0 spiro atoms. The second-order valence-electron chi connectivity index (χ2n) is 6.08. The van der Waals surface area contributed by atoms with E-state index in [1.54, 1.807) is 0 Å². The van der Waals surface area contributed by atoms with Gasteiger partial charge in [-0.05, 0) is 24.6 Å². The van der Waals surface area contributed by atoms with Crippen LogP contribution in [0.4, 0.5) is 4.39 Å². The summed E-state index contributed by atoms with van der Waals surface area (Å²) >= 11 is 0. The molecule has 0 aliphatic heterocycles. The number of hydrogen-bond acceptors (Lipinski definition) is 6. The number of ketones is 1. The normalized spacial score (nSPS) is 29.9. The zero-order chi connectivity index (χ0) is 18.1. The molecule has 2 rings (SSSR count). The van der Waals surface area contributed by atoms with Gasteiger partial charge in [0.15, 0.2) is 5.78 Å². The summed E-state index contributed by atoms with van der Waals surface area (Å²) in [5, 5.41) is 10.6. The van der Waals surface area contributed by atoms with Crippen molar-refractivity contribution in [2.75, 3.05) is 14.2 Å². The second-order valence-corrected chi connectivity index (χ2v) is 6.08. The minimum atomic E-state index is -1.70. The molecule has 1 aliphatic rings. The van der Waals surface area contributed by atoms with Gasteiger partial charge in [0.1, 0.15) is 11.7 Å². The lowest BCUT2D eigenvalue weighted by atomic mass is 9.62. The number of ether oxygens (including phenoxy) is 2. The predicted molar refractivity (Wildman–Crippen MR) is 80.4 cm³/mol. The number of carbonyl (C=O) groups excluding carboxylic acids is 3. The maximum Gasteiger partial charge on any atom is 0.316 e. The van der Waals surface area contributed by atoms with E-state index >= 15 is 0 Å². The van der Waals surface area contributed by atoms with Gasteiger partial charge in [0.2, 0.25) is 0 Å². The molecule has 1 saturated carbocycles. The van der Waals surface area contributed by atoms with Gasteiger partial charge >= 0.3 is 11.9 Å². The molecule has 0 heterocycles. The van der Waals surface area contributed by atoms with Gasteiger partial charge in [-0.15, -0.1) is 0 Å². The minimum absolute atomic E-state index is 0.371. The van der Waals surface area contributed by atoms with Gasteiger partial charge in [0.05, 0.1) is 25.7 Å². The fourth-order valence-corrected chi connectivity index (χ4v) is 3.35. The molecule has 0 unspecified atom stereocenters. The number of hydrogen-bond donors (Lipinski definition) is 1. The van der Waals surface area contributed by atoms with Gasteiger partial charge < -0.3 is 14.6 Å². The van der Waals surface area contributed by atoms with Crippen molar-refractivity contribution < 1.29 is 33.4 Å². The number of Topliss-reactive ketones (excluding diaryl/α,β-unsaturated/α-hetero) is 1. The third-order valence-corrected chi connectivity index (χ3v) is 4.43. The van der Waals surface area contributed by atoms with Crippen molar-refractivity contribution in [3.05, 3.63) is 35.6 Å². The molecule has 1 N–H and O–H groups in total. The Morgan fingerprint density at radius 3 is 2.21 bits per heavy atom. The highest BCUT2D eigenvalue weighted by Gasteiger charge is 2.56. The number of rotatable bonds is 3. The smallest absolute Gasteiger partial charge is 0.316 e. The van der Waals surface area contributed by atoms with E-state index in [1.807, 2.05) is 0 Å². The molecule has 6 nitrogen and oxygen atoms in total. The van der Waals surface area contributed by atoms with E-state index in [9.17, 15) is 23.9 Å². The average Bonchev–Trinajstić information content (AvgIpc) is 2.53. The van der Waals surface area contributed by atoms with Gasteiger partial charge in [-0.2, -0.15) is 0 Å². The van der Waals surface area contributed by atoms with Crippen LogP contribution in [0.5, 0.6) is 0 Å². The van der Waals surface area contributed by atoms with Crippen LogP contribution in [0.1, 0.15) is 24.8 Å². The SMILES string of the molecule is COC(=O)[C@H]1C(=O)C[C@@](C)(O)[C@H](C(=O)OC)[C@@H]1c1ccc(F)cc1. The van der Waals surface area contributed by atoms with Gasteiger partial charge in [0, 0.05) is 12.3 Å². The van der Waals surface area contributed by atoms with Crippen molar-refractivity contribution in [1.29, 1.82) is 0 Å². The molecular weight excluding hydrogens is 319 g/mol. The summed E-state index contributed by atoms with van der Waals surface area (Å²) in [4.78, 5) is 36.9. The maximum atomic E-state index is 13.2. The second kappa shape index (κ2) is 6.68. The fraction of sp³-hybridized carbons (Fsp3) is 0.471. The topological polar surface area (TPSA) is 89.9 Å². The van der Waals surface area contributed by atoms with Crippen LogP contribution in [0.25, 0.3) is 0 Å². The Kier molecular flexibility index (Phi) is 5.03. The minimum Gasteiger partial charge on any atom is -0.469 e. The Morgan fingerprint density at radius 1 is 1.17 bits per heavy atom. The standard InChI is InChI=1S/C17H19FO6/c1-17(22)8-11(19)13(15(20)23-2)12(14(17)16(21)24-3)9-4-6-10(18)7-5-9/h4-7,12-14,22H,8H2,1-3H3/t12-,13+,14+,17-/m1/s1. The molecule has 1 fully saturated rings. The highest BCUT2D eigenvalue weighted by molar-refractivity contribution is 6.02. The largest absolute Gasteiger partial charge is 0.469 e. The van der Waals surface area contributed by atoms with E-state index in [0.29, 0.717) is 5.56 Å². The quantitative estimate of drug-likeness (QED) is 0.658. The molecular formula is C17H19FO6. The number of aliphatic hydroxyl groups is 1. The van der Waals surface area contributed by atoms with Crippen molar-refractivity contribution >= 4 is 17.7 Å². The first-order valence-corrected chi connectivity index (χ1v) is 7.39. The van der Waals surface area contributed by atoms with Gasteiger partial charge in [-0.3, -0.25) is 14.4 Å². The first kappa shape index (κ1) is 18.1. The van der Waals surface area contributed by atoms with Crippen molar-refractivity contribution in [3.8, 4) is 0 Å². The monoisotopic (exact) mass is 338 g/mol. The molecule has 1 aromatic rings. The van der Waals surface area contributed by atoms with Crippen molar-refractivity contribution in [1.82, 2.24) is 0 Å². The number of esters is 2. The lowest BCUT2D eigenvalue weighted by molar-refractivity contribution is -0.170. The number of carbonyl (C=O) groups is 3. The maximum absolute atomic E-state index is 13.2. The summed E-state index contributed by atoms with van der Waals surface area (Å²) in [6, 6.07) is 5.07. The van der Waals surface area contributed by atoms with Crippen LogP contribution in [-0.4, -0.2) is 42.6 Å². The molecule has 0 radical (unpaired) electrons. The van der Waals surface area contributed by atoms with Crippen molar-refractivity contribution in [2.45, 2.75) is 24.9 Å². The summed E-state index contributed by atoms with van der Waals surface area (Å²) in [5.74, 6) is -6.06. The zero-order valence-electron chi connectivity index (χ0n) is 13.6. The van der Waals surface area contributed by atoms with E-state index in [-0.39, 0.29) is 6.42 Å². The zero-order valence-corrected chi connectivity index (χ0v) is 13.6. The first-order valence-electron chi connectivity index (χ1n) is 7.39. The van der Waals surface area contributed by atoms with Crippen LogP contribution in [0.15, 0.2) is 24.3 Å². The summed E-state index contributed by atoms with van der Waals surface area (Å²) in [6.07, 6.45) is -0.385. The van der Waals surface area contributed by atoms with E-state index in [2.05, 4.69) is 0 Å². The average molecular weight is 338 g/mol. The van der Waals surface area contributed by atoms with Gasteiger partial charge in [-0.25, -0.2) is 4.39 Å². The third kappa shape index (κ3) is 3.17. The van der Waals surface area contributed by atoms with E-state index in [1.165, 1.54) is 19.1 Å². The molecule has 0 aromatic heterocycles. The molecule has 1 aliphatic carbocycles. The first-order chi connectivity index (χ1) is 11.2. The summed E-state index contributed by atoms with van der Waals surface area (Å²) in [6.45, 7) is 1.34. The molecule has 0 amide bonds. The molecule has 1 aromatic carbocycles. The fourth-order valence-electron chi connectivity index (χ4n) is 3.35. The summed E-state index contributed by atoms with van der Waals surface area (Å²) in [7, 11) is 2.29. The summed E-state index contributed by atoms with van der Waals surface area (Å²) < 4.78 is 22.7. The molecule has 7 heteroatoms. The van der Waals surface area contributed by atoms with Crippen LogP contribution < -0.4 is 0 Å². The molecule has 130 valence electrons. The van der Waals surface area contributed by atoms with Crippen LogP contribution >= 0.6 is 0 Å². The Labute approximate surface area is 138 Å².